The van der Waals surface area contributed by atoms with Crippen molar-refractivity contribution in [2.75, 3.05) is 13.7 Å². The van der Waals surface area contributed by atoms with E-state index in [0.29, 0.717) is 33.2 Å². The number of hydrogen-bond acceptors (Lipinski definition) is 6. The van der Waals surface area contributed by atoms with E-state index < -0.39 is 11.6 Å². The zero-order valence-electron chi connectivity index (χ0n) is 16.3. The van der Waals surface area contributed by atoms with Crippen LogP contribution in [0.1, 0.15) is 23.0 Å². The van der Waals surface area contributed by atoms with Crippen molar-refractivity contribution in [3.8, 4) is 16.9 Å². The summed E-state index contributed by atoms with van der Waals surface area (Å²) in [4.78, 5) is 29.8. The molecule has 6 heteroatoms. The van der Waals surface area contributed by atoms with Crippen molar-refractivity contribution >= 4 is 27.8 Å². The van der Waals surface area contributed by atoms with Crippen molar-refractivity contribution in [1.82, 2.24) is 4.98 Å². The Labute approximate surface area is 166 Å². The summed E-state index contributed by atoms with van der Waals surface area (Å²) in [5.41, 5.74) is 2.74. The van der Waals surface area contributed by atoms with Crippen LogP contribution in [0, 0.1) is 6.92 Å². The van der Waals surface area contributed by atoms with Gasteiger partial charge in [-0.25, -0.2) is 14.6 Å². The van der Waals surface area contributed by atoms with Gasteiger partial charge in [0.2, 0.25) is 0 Å². The fourth-order valence-electron chi connectivity index (χ4n) is 3.32. The van der Waals surface area contributed by atoms with E-state index in [-0.39, 0.29) is 12.3 Å². The molecule has 29 heavy (non-hydrogen) atoms. The molecule has 0 aliphatic carbocycles. The standard InChI is InChI=1S/C23H19NO5/c1-4-28-22(25)18-12-16(14-6-8-15(27-3)9-7-14)20-21(24-18)17-11-13(2)5-10-19(17)29-23(20)26/h5-12H,4H2,1-3H3. The molecular formula is C23H19NO5. The molecule has 0 bridgehead atoms. The Morgan fingerprint density at radius 2 is 1.86 bits per heavy atom. The number of fused-ring (bicyclic) bond motifs is 3. The molecule has 0 amide bonds. The molecule has 0 spiro atoms. The Kier molecular flexibility index (Phi) is 4.76. The summed E-state index contributed by atoms with van der Waals surface area (Å²) in [6, 6.07) is 14.3. The molecule has 0 N–H and O–H groups in total. The fraction of sp³-hybridized carbons (Fsp3) is 0.174. The first-order chi connectivity index (χ1) is 14.0. The average Bonchev–Trinajstić information content (AvgIpc) is 2.74. The van der Waals surface area contributed by atoms with Crippen molar-refractivity contribution in [2.24, 2.45) is 0 Å². The minimum absolute atomic E-state index is 0.138. The lowest BCUT2D eigenvalue weighted by molar-refractivity contribution is 0.0520. The number of benzene rings is 2. The summed E-state index contributed by atoms with van der Waals surface area (Å²) in [5, 5.41) is 0.988. The van der Waals surface area contributed by atoms with Gasteiger partial charge < -0.3 is 13.9 Å². The molecular weight excluding hydrogens is 370 g/mol. The van der Waals surface area contributed by atoms with E-state index >= 15 is 0 Å². The van der Waals surface area contributed by atoms with Gasteiger partial charge in [0.25, 0.3) is 0 Å². The molecule has 0 unspecified atom stereocenters. The maximum atomic E-state index is 12.9. The summed E-state index contributed by atoms with van der Waals surface area (Å²) >= 11 is 0. The smallest absolute Gasteiger partial charge is 0.356 e. The third-order valence-corrected chi connectivity index (χ3v) is 4.70. The van der Waals surface area contributed by atoms with Crippen LogP contribution in [0.25, 0.3) is 33.0 Å². The largest absolute Gasteiger partial charge is 0.497 e. The molecule has 6 nitrogen and oxygen atoms in total. The molecule has 0 radical (unpaired) electrons. The van der Waals surface area contributed by atoms with E-state index in [1.165, 1.54) is 0 Å². The normalized spacial score (nSPS) is 11.0. The Morgan fingerprint density at radius 1 is 1.10 bits per heavy atom. The molecule has 0 atom stereocenters. The molecule has 4 rings (SSSR count). The minimum atomic E-state index is -0.543. The molecule has 146 valence electrons. The molecule has 2 aromatic heterocycles. The van der Waals surface area contributed by atoms with E-state index in [1.807, 2.05) is 31.2 Å². The second-order valence-corrected chi connectivity index (χ2v) is 6.62. The zero-order chi connectivity index (χ0) is 20.5. The third kappa shape index (κ3) is 3.33. The second kappa shape index (κ2) is 7.39. The number of aromatic nitrogens is 1. The first-order valence-corrected chi connectivity index (χ1v) is 9.21. The topological polar surface area (TPSA) is 78.6 Å². The highest BCUT2D eigenvalue weighted by atomic mass is 16.5. The highest BCUT2D eigenvalue weighted by molar-refractivity contribution is 6.09. The SMILES string of the molecule is CCOC(=O)c1cc(-c2ccc(OC)cc2)c2c(=O)oc3ccc(C)cc3c2n1. The quantitative estimate of drug-likeness (QED) is 0.290. The number of hydrogen-bond donors (Lipinski definition) is 0. The predicted molar refractivity (Wildman–Crippen MR) is 110 cm³/mol. The molecule has 2 aromatic carbocycles. The first kappa shape index (κ1) is 18.7. The summed E-state index contributed by atoms with van der Waals surface area (Å²) in [5.74, 6) is 0.143. The number of methoxy groups -OCH3 is 1. The van der Waals surface area contributed by atoms with E-state index in [2.05, 4.69) is 4.98 Å². The van der Waals surface area contributed by atoms with Gasteiger partial charge in [0, 0.05) is 10.9 Å². The number of nitrogens with zero attached hydrogens (tertiary/aromatic N) is 1. The van der Waals surface area contributed by atoms with Gasteiger partial charge in [-0.1, -0.05) is 23.8 Å². The van der Waals surface area contributed by atoms with E-state index in [1.54, 1.807) is 38.3 Å². The number of pyridine rings is 1. The van der Waals surface area contributed by atoms with Gasteiger partial charge in [-0.15, -0.1) is 0 Å². The predicted octanol–water partition coefficient (Wildman–Crippen LogP) is 4.50. The van der Waals surface area contributed by atoms with Crippen LogP contribution in [0.15, 0.2) is 57.7 Å². The average molecular weight is 389 g/mol. The van der Waals surface area contributed by atoms with Crippen LogP contribution < -0.4 is 10.4 Å². The van der Waals surface area contributed by atoms with Crippen molar-refractivity contribution in [2.45, 2.75) is 13.8 Å². The number of rotatable bonds is 4. The van der Waals surface area contributed by atoms with Gasteiger partial charge in [-0.3, -0.25) is 0 Å². The van der Waals surface area contributed by atoms with Crippen LogP contribution >= 0.6 is 0 Å². The van der Waals surface area contributed by atoms with Crippen molar-refractivity contribution in [1.29, 1.82) is 0 Å². The highest BCUT2D eigenvalue weighted by Crippen LogP contribution is 2.32. The van der Waals surface area contributed by atoms with Gasteiger partial charge in [-0.05, 0) is 49.7 Å². The summed E-state index contributed by atoms with van der Waals surface area (Å²) in [6.07, 6.45) is 0. The maximum Gasteiger partial charge on any atom is 0.356 e. The number of aryl methyl sites for hydroxylation is 1. The van der Waals surface area contributed by atoms with Gasteiger partial charge in [0.15, 0.2) is 0 Å². The summed E-state index contributed by atoms with van der Waals surface area (Å²) in [7, 11) is 1.58. The van der Waals surface area contributed by atoms with Crippen LogP contribution in [0.3, 0.4) is 0 Å². The van der Waals surface area contributed by atoms with E-state index in [4.69, 9.17) is 13.9 Å². The maximum absolute atomic E-state index is 12.9. The lowest BCUT2D eigenvalue weighted by Crippen LogP contribution is -2.10. The van der Waals surface area contributed by atoms with Crippen LogP contribution in [0.2, 0.25) is 0 Å². The Morgan fingerprint density at radius 3 is 2.55 bits per heavy atom. The van der Waals surface area contributed by atoms with Crippen molar-refractivity contribution < 1.29 is 18.7 Å². The van der Waals surface area contributed by atoms with Crippen LogP contribution in [-0.2, 0) is 4.74 Å². The molecule has 0 aliphatic rings. The van der Waals surface area contributed by atoms with Gasteiger partial charge in [-0.2, -0.15) is 0 Å². The minimum Gasteiger partial charge on any atom is -0.497 e. The molecule has 0 saturated carbocycles. The Bertz CT molecular complexity index is 1290. The fourth-order valence-corrected chi connectivity index (χ4v) is 3.32. The Hall–Kier alpha value is -3.67. The molecule has 0 aliphatic heterocycles. The molecule has 0 fully saturated rings. The third-order valence-electron chi connectivity index (χ3n) is 4.70. The van der Waals surface area contributed by atoms with E-state index in [9.17, 15) is 9.59 Å². The summed E-state index contributed by atoms with van der Waals surface area (Å²) in [6.45, 7) is 3.90. The number of ether oxygens (including phenoxy) is 2. The lowest BCUT2D eigenvalue weighted by atomic mass is 9.99. The van der Waals surface area contributed by atoms with Crippen LogP contribution in [-0.4, -0.2) is 24.7 Å². The van der Waals surface area contributed by atoms with Crippen LogP contribution in [0.5, 0.6) is 5.75 Å². The monoisotopic (exact) mass is 389 g/mol. The molecule has 0 saturated heterocycles. The van der Waals surface area contributed by atoms with Crippen molar-refractivity contribution in [3.63, 3.8) is 0 Å². The lowest BCUT2D eigenvalue weighted by Gasteiger charge is -2.11. The highest BCUT2D eigenvalue weighted by Gasteiger charge is 2.19. The van der Waals surface area contributed by atoms with Gasteiger partial charge in [0.1, 0.15) is 17.0 Å². The van der Waals surface area contributed by atoms with Gasteiger partial charge in [0.05, 0.1) is 24.6 Å². The Balaban J connectivity index is 2.11. The zero-order valence-corrected chi connectivity index (χ0v) is 16.3. The number of esters is 1. The summed E-state index contributed by atoms with van der Waals surface area (Å²) < 4.78 is 15.9. The van der Waals surface area contributed by atoms with E-state index in [0.717, 1.165) is 11.1 Å². The second-order valence-electron chi connectivity index (χ2n) is 6.62. The van der Waals surface area contributed by atoms with Crippen LogP contribution in [0.4, 0.5) is 0 Å². The number of carbonyl (C=O) groups excluding carboxylic acids is 1. The molecule has 2 heterocycles. The van der Waals surface area contributed by atoms with Gasteiger partial charge >= 0.3 is 11.6 Å². The first-order valence-electron chi connectivity index (χ1n) is 9.21. The van der Waals surface area contributed by atoms with Crippen molar-refractivity contribution in [3.05, 3.63) is 70.2 Å². The molecule has 4 aromatic rings. The number of carbonyl (C=O) groups is 1.